The standard InChI is InChI=1S/C22H24N2O5S/c25-21(23-11-2-1-3-12-23)17-7-10-19-20(15-17)30(28,29)14-4-13-24(19)18-8-5-16(6-9-18)22(26)27/h5-10,15H,1-4,11-14H2,(H,26,27). The number of benzene rings is 2. The van der Waals surface area contributed by atoms with Gasteiger partial charge >= 0.3 is 5.97 Å². The van der Waals surface area contributed by atoms with Crippen molar-refractivity contribution in [2.24, 2.45) is 0 Å². The molecule has 0 aromatic heterocycles. The van der Waals surface area contributed by atoms with Gasteiger partial charge in [-0.3, -0.25) is 4.79 Å². The first-order valence-corrected chi connectivity index (χ1v) is 11.8. The molecule has 0 radical (unpaired) electrons. The van der Waals surface area contributed by atoms with Crippen molar-refractivity contribution in [1.29, 1.82) is 0 Å². The number of amides is 1. The molecule has 2 aliphatic heterocycles. The molecule has 1 amide bonds. The van der Waals surface area contributed by atoms with E-state index in [1.165, 1.54) is 18.2 Å². The monoisotopic (exact) mass is 428 g/mol. The van der Waals surface area contributed by atoms with Crippen LogP contribution in [0.4, 0.5) is 11.4 Å². The van der Waals surface area contributed by atoms with Gasteiger partial charge in [0.15, 0.2) is 9.84 Å². The van der Waals surface area contributed by atoms with E-state index in [1.807, 2.05) is 4.90 Å². The first-order chi connectivity index (χ1) is 14.4. The van der Waals surface area contributed by atoms with Crippen molar-refractivity contribution in [1.82, 2.24) is 4.90 Å². The van der Waals surface area contributed by atoms with E-state index in [9.17, 15) is 18.0 Å². The second-order valence-electron chi connectivity index (χ2n) is 7.71. The molecule has 1 saturated heterocycles. The third-order valence-corrected chi connectivity index (χ3v) is 7.52. The molecule has 7 nitrogen and oxygen atoms in total. The largest absolute Gasteiger partial charge is 0.478 e. The molecule has 158 valence electrons. The van der Waals surface area contributed by atoms with Crippen molar-refractivity contribution in [3.8, 4) is 0 Å². The van der Waals surface area contributed by atoms with Crippen LogP contribution in [-0.2, 0) is 9.84 Å². The number of likely N-dealkylation sites (tertiary alicyclic amines) is 1. The Morgan fingerprint density at radius 2 is 1.50 bits per heavy atom. The molecular formula is C22H24N2O5S. The molecule has 2 heterocycles. The highest BCUT2D eigenvalue weighted by molar-refractivity contribution is 7.91. The lowest BCUT2D eigenvalue weighted by Crippen LogP contribution is -2.35. The zero-order valence-corrected chi connectivity index (χ0v) is 17.4. The summed E-state index contributed by atoms with van der Waals surface area (Å²) < 4.78 is 25.9. The Morgan fingerprint density at radius 3 is 2.17 bits per heavy atom. The molecular weight excluding hydrogens is 404 g/mol. The van der Waals surface area contributed by atoms with E-state index in [1.54, 1.807) is 29.2 Å². The van der Waals surface area contributed by atoms with Crippen molar-refractivity contribution in [2.75, 3.05) is 30.3 Å². The molecule has 2 aromatic carbocycles. The van der Waals surface area contributed by atoms with Gasteiger partial charge in [0.05, 0.1) is 21.9 Å². The van der Waals surface area contributed by atoms with Crippen molar-refractivity contribution < 1.29 is 23.1 Å². The third kappa shape index (κ3) is 3.92. The summed E-state index contributed by atoms with van der Waals surface area (Å²) in [5.41, 5.74) is 1.80. The summed E-state index contributed by atoms with van der Waals surface area (Å²) in [6.45, 7) is 1.88. The lowest BCUT2D eigenvalue weighted by Gasteiger charge is -2.28. The number of nitrogens with zero attached hydrogens (tertiary/aromatic N) is 2. The Labute approximate surface area is 175 Å². The van der Waals surface area contributed by atoms with Crippen molar-refractivity contribution in [3.05, 3.63) is 53.6 Å². The second-order valence-corrected chi connectivity index (χ2v) is 9.79. The van der Waals surface area contributed by atoms with Crippen LogP contribution in [0.2, 0.25) is 0 Å². The van der Waals surface area contributed by atoms with Gasteiger partial charge in [-0.2, -0.15) is 0 Å². The summed E-state index contributed by atoms with van der Waals surface area (Å²) in [6.07, 6.45) is 3.48. The molecule has 0 spiro atoms. The average molecular weight is 429 g/mol. The van der Waals surface area contributed by atoms with Crippen LogP contribution in [0.15, 0.2) is 47.4 Å². The molecule has 4 rings (SSSR count). The summed E-state index contributed by atoms with van der Waals surface area (Å²) in [5.74, 6) is -1.14. The molecule has 2 aromatic rings. The van der Waals surface area contributed by atoms with Crippen LogP contribution in [0.1, 0.15) is 46.4 Å². The highest BCUT2D eigenvalue weighted by Gasteiger charge is 2.29. The van der Waals surface area contributed by atoms with Crippen molar-refractivity contribution in [2.45, 2.75) is 30.6 Å². The predicted octanol–water partition coefficient (Wildman–Crippen LogP) is 3.33. The first-order valence-electron chi connectivity index (χ1n) is 10.1. The highest BCUT2D eigenvalue weighted by Crippen LogP contribution is 2.36. The number of rotatable bonds is 3. The van der Waals surface area contributed by atoms with Crippen LogP contribution in [0.5, 0.6) is 0 Å². The molecule has 2 aliphatic rings. The molecule has 0 unspecified atom stereocenters. The summed E-state index contributed by atoms with van der Waals surface area (Å²) in [5, 5.41) is 9.12. The van der Waals surface area contributed by atoms with E-state index in [0.29, 0.717) is 43.0 Å². The quantitative estimate of drug-likeness (QED) is 0.806. The van der Waals surface area contributed by atoms with Gasteiger partial charge in [0.2, 0.25) is 0 Å². The zero-order chi connectivity index (χ0) is 21.3. The topological polar surface area (TPSA) is 95.0 Å². The number of carbonyl (C=O) groups excluding carboxylic acids is 1. The van der Waals surface area contributed by atoms with Gasteiger partial charge in [0, 0.05) is 30.9 Å². The fourth-order valence-electron chi connectivity index (χ4n) is 4.09. The SMILES string of the molecule is O=C(O)c1ccc(N2CCCS(=O)(=O)c3cc(C(=O)N4CCCCC4)ccc32)cc1. The molecule has 0 aliphatic carbocycles. The minimum Gasteiger partial charge on any atom is -0.478 e. The van der Waals surface area contributed by atoms with Gasteiger partial charge in [0.25, 0.3) is 5.91 Å². The van der Waals surface area contributed by atoms with Crippen LogP contribution in [0, 0.1) is 0 Å². The Balaban J connectivity index is 1.73. The normalized spacial score (nSPS) is 18.4. The second kappa shape index (κ2) is 8.10. The Bertz CT molecular complexity index is 1070. The fraction of sp³-hybridized carbons (Fsp3) is 0.364. The van der Waals surface area contributed by atoms with E-state index in [2.05, 4.69) is 0 Å². The molecule has 8 heteroatoms. The number of carbonyl (C=O) groups is 2. The summed E-state index contributed by atoms with van der Waals surface area (Å²) in [6, 6.07) is 11.3. The predicted molar refractivity (Wildman–Crippen MR) is 113 cm³/mol. The van der Waals surface area contributed by atoms with Gasteiger partial charge in [-0.15, -0.1) is 0 Å². The fourth-order valence-corrected chi connectivity index (χ4v) is 5.63. The van der Waals surface area contributed by atoms with Crippen molar-refractivity contribution >= 4 is 33.1 Å². The number of piperidine rings is 1. The number of anilines is 2. The minimum atomic E-state index is -3.53. The van der Waals surface area contributed by atoms with E-state index < -0.39 is 15.8 Å². The lowest BCUT2D eigenvalue weighted by atomic mass is 10.1. The van der Waals surface area contributed by atoms with E-state index >= 15 is 0 Å². The van der Waals surface area contributed by atoms with Crippen LogP contribution in [0.25, 0.3) is 0 Å². The van der Waals surface area contributed by atoms with Gasteiger partial charge in [-0.25, -0.2) is 13.2 Å². The molecule has 1 N–H and O–H groups in total. The van der Waals surface area contributed by atoms with Crippen LogP contribution in [-0.4, -0.2) is 55.7 Å². The van der Waals surface area contributed by atoms with Gasteiger partial charge < -0.3 is 14.9 Å². The van der Waals surface area contributed by atoms with E-state index in [4.69, 9.17) is 5.11 Å². The Morgan fingerprint density at radius 1 is 0.833 bits per heavy atom. The number of hydrogen-bond donors (Lipinski definition) is 1. The number of fused-ring (bicyclic) bond motifs is 1. The number of carboxylic acid groups (broad SMARTS) is 1. The maximum absolute atomic E-state index is 12.9. The molecule has 0 bridgehead atoms. The Hall–Kier alpha value is -2.87. The number of sulfone groups is 1. The van der Waals surface area contributed by atoms with E-state index in [-0.39, 0.29) is 22.1 Å². The van der Waals surface area contributed by atoms with Gasteiger partial charge in [-0.05, 0) is 68.1 Å². The summed E-state index contributed by atoms with van der Waals surface area (Å²) in [7, 11) is -3.53. The minimum absolute atomic E-state index is 0.00503. The molecule has 0 saturated carbocycles. The van der Waals surface area contributed by atoms with Crippen LogP contribution < -0.4 is 4.90 Å². The molecule has 30 heavy (non-hydrogen) atoms. The smallest absolute Gasteiger partial charge is 0.335 e. The number of carboxylic acids is 1. The maximum atomic E-state index is 12.9. The average Bonchev–Trinajstić information content (AvgIpc) is 2.89. The van der Waals surface area contributed by atoms with Crippen LogP contribution >= 0.6 is 0 Å². The number of aromatic carboxylic acids is 1. The molecule has 1 fully saturated rings. The zero-order valence-electron chi connectivity index (χ0n) is 16.6. The maximum Gasteiger partial charge on any atom is 0.335 e. The van der Waals surface area contributed by atoms with Crippen LogP contribution in [0.3, 0.4) is 0 Å². The molecule has 0 atom stereocenters. The summed E-state index contributed by atoms with van der Waals surface area (Å²) >= 11 is 0. The number of hydrogen-bond acceptors (Lipinski definition) is 5. The van der Waals surface area contributed by atoms with Crippen molar-refractivity contribution in [3.63, 3.8) is 0 Å². The first kappa shape index (κ1) is 20.4. The van der Waals surface area contributed by atoms with Gasteiger partial charge in [-0.1, -0.05) is 0 Å². The van der Waals surface area contributed by atoms with E-state index in [0.717, 1.165) is 19.3 Å². The van der Waals surface area contributed by atoms with Gasteiger partial charge in [0.1, 0.15) is 0 Å². The third-order valence-electron chi connectivity index (χ3n) is 5.70. The summed E-state index contributed by atoms with van der Waals surface area (Å²) in [4.78, 5) is 27.8. The highest BCUT2D eigenvalue weighted by atomic mass is 32.2. The Kier molecular flexibility index (Phi) is 5.51. The lowest BCUT2D eigenvalue weighted by molar-refractivity contribution is 0.0694.